The number of nitrogens with zero attached hydrogens (tertiary/aromatic N) is 3. The fourth-order valence-electron chi connectivity index (χ4n) is 3.94. The number of aliphatic hydroxyl groups is 1. The molecular weight excluding hydrogens is 435 g/mol. The average Bonchev–Trinajstić information content (AvgIpc) is 2.78. The Labute approximate surface area is 187 Å². The van der Waals surface area contributed by atoms with Gasteiger partial charge in [-0.15, -0.1) is 0 Å². The molecule has 2 aromatic heterocycles. The second-order valence-corrected chi connectivity index (χ2v) is 7.95. The van der Waals surface area contributed by atoms with Gasteiger partial charge >= 0.3 is 0 Å². The zero-order valence-electron chi connectivity index (χ0n) is 17.5. The summed E-state index contributed by atoms with van der Waals surface area (Å²) in [4.78, 5) is 22.8. The van der Waals surface area contributed by atoms with Crippen LogP contribution in [0.5, 0.6) is 0 Å². The molecule has 1 aliphatic heterocycles. The highest BCUT2D eigenvalue weighted by molar-refractivity contribution is 5.97. The van der Waals surface area contributed by atoms with Crippen molar-refractivity contribution in [2.75, 3.05) is 18.0 Å². The molecule has 0 spiro atoms. The number of ketones is 1. The zero-order valence-corrected chi connectivity index (χ0v) is 17.5. The van der Waals surface area contributed by atoms with Gasteiger partial charge in [-0.25, -0.2) is 18.2 Å². The molecule has 1 fully saturated rings. The fourth-order valence-corrected chi connectivity index (χ4v) is 3.94. The van der Waals surface area contributed by atoms with E-state index in [2.05, 4.69) is 9.97 Å². The summed E-state index contributed by atoms with van der Waals surface area (Å²) in [6.07, 6.45) is 2.08. The third-order valence-corrected chi connectivity index (χ3v) is 5.64. The minimum atomic E-state index is -0.986. The number of pyridine rings is 2. The number of piperidine rings is 1. The monoisotopic (exact) mass is 457 g/mol. The van der Waals surface area contributed by atoms with Gasteiger partial charge in [0.05, 0.1) is 11.7 Å². The molecule has 1 saturated heterocycles. The third kappa shape index (κ3) is 4.58. The Bertz CT molecular complexity index is 1160. The van der Waals surface area contributed by atoms with Gasteiger partial charge in [-0.1, -0.05) is 6.07 Å². The summed E-state index contributed by atoms with van der Waals surface area (Å²) >= 11 is 0. The maximum Gasteiger partial charge on any atom is 0.185 e. The molecule has 172 valence electrons. The van der Waals surface area contributed by atoms with Crippen LogP contribution in [0.4, 0.5) is 18.9 Å². The lowest BCUT2D eigenvalue weighted by Gasteiger charge is -2.40. The molecule has 1 aromatic carbocycles. The Morgan fingerprint density at radius 3 is 2.36 bits per heavy atom. The predicted octanol–water partition coefficient (Wildman–Crippen LogP) is 1.82. The molecule has 0 amide bonds. The van der Waals surface area contributed by atoms with E-state index in [-0.39, 0.29) is 12.1 Å². The third-order valence-electron chi connectivity index (χ3n) is 5.64. The van der Waals surface area contributed by atoms with Gasteiger partial charge in [-0.05, 0) is 30.3 Å². The van der Waals surface area contributed by atoms with Crippen LogP contribution in [0.3, 0.4) is 0 Å². The van der Waals surface area contributed by atoms with Crippen molar-refractivity contribution in [1.82, 2.24) is 9.97 Å². The summed E-state index contributed by atoms with van der Waals surface area (Å²) in [5.41, 5.74) is 11.8. The smallest absolute Gasteiger partial charge is 0.185 e. The number of anilines is 1. The molecule has 3 heterocycles. The summed E-state index contributed by atoms with van der Waals surface area (Å²) in [6, 6.07) is 5.82. The number of Topliss-reactive ketones (excluding diaryl/α,β-unsaturated/α-hetero) is 1. The predicted molar refractivity (Wildman–Crippen MR) is 116 cm³/mol. The van der Waals surface area contributed by atoms with E-state index in [0.29, 0.717) is 24.3 Å². The molecular formula is C23H22F3N5O2. The van der Waals surface area contributed by atoms with Gasteiger partial charge in [0.2, 0.25) is 0 Å². The first-order chi connectivity index (χ1) is 15.8. The molecule has 10 heteroatoms. The zero-order chi connectivity index (χ0) is 23.7. The largest absolute Gasteiger partial charge is 0.390 e. The van der Waals surface area contributed by atoms with Crippen LogP contribution in [-0.4, -0.2) is 52.1 Å². The van der Waals surface area contributed by atoms with Crippen molar-refractivity contribution >= 4 is 11.5 Å². The minimum Gasteiger partial charge on any atom is -0.390 e. The van der Waals surface area contributed by atoms with E-state index in [1.807, 2.05) is 4.90 Å². The summed E-state index contributed by atoms with van der Waals surface area (Å²) in [5.74, 6) is -3.42. The minimum absolute atomic E-state index is 0.147. The van der Waals surface area contributed by atoms with Gasteiger partial charge in [0.25, 0.3) is 0 Å². The lowest BCUT2D eigenvalue weighted by molar-refractivity contribution is 0.0986. The second-order valence-electron chi connectivity index (χ2n) is 7.95. The van der Waals surface area contributed by atoms with Crippen LogP contribution in [0.25, 0.3) is 11.3 Å². The molecule has 3 atom stereocenters. The molecule has 5 N–H and O–H groups in total. The number of halogens is 3. The molecule has 1 unspecified atom stereocenters. The van der Waals surface area contributed by atoms with E-state index in [1.165, 1.54) is 12.3 Å². The van der Waals surface area contributed by atoms with Crippen LogP contribution in [0, 0.1) is 17.5 Å². The summed E-state index contributed by atoms with van der Waals surface area (Å²) in [5, 5.41) is 10.0. The van der Waals surface area contributed by atoms with Crippen LogP contribution in [-0.2, 0) is 6.42 Å². The normalized spacial score (nSPS) is 20.7. The van der Waals surface area contributed by atoms with Crippen molar-refractivity contribution in [3.63, 3.8) is 0 Å². The fraction of sp³-hybridized carbons (Fsp3) is 0.261. The number of carbonyl (C=O) groups is 1. The maximum absolute atomic E-state index is 14.3. The maximum atomic E-state index is 14.3. The number of aliphatic hydroxyl groups excluding tert-OH is 1. The number of hydrogen-bond donors (Lipinski definition) is 3. The van der Waals surface area contributed by atoms with Crippen LogP contribution >= 0.6 is 0 Å². The highest BCUT2D eigenvalue weighted by atomic mass is 19.1. The van der Waals surface area contributed by atoms with Gasteiger partial charge in [-0.2, -0.15) is 0 Å². The van der Waals surface area contributed by atoms with E-state index in [0.717, 1.165) is 24.3 Å². The van der Waals surface area contributed by atoms with Crippen molar-refractivity contribution in [1.29, 1.82) is 0 Å². The molecule has 3 aromatic rings. The number of carbonyl (C=O) groups excluding carboxylic acids is 1. The van der Waals surface area contributed by atoms with E-state index >= 15 is 0 Å². The van der Waals surface area contributed by atoms with Crippen molar-refractivity contribution < 1.29 is 23.1 Å². The molecule has 0 bridgehead atoms. The second kappa shape index (κ2) is 9.26. The van der Waals surface area contributed by atoms with Crippen molar-refractivity contribution in [2.24, 2.45) is 11.5 Å². The highest BCUT2D eigenvalue weighted by Gasteiger charge is 2.32. The lowest BCUT2D eigenvalue weighted by Crippen LogP contribution is -2.62. The van der Waals surface area contributed by atoms with Gasteiger partial charge in [-0.3, -0.25) is 9.78 Å². The van der Waals surface area contributed by atoms with Gasteiger partial charge in [0, 0.05) is 55.2 Å². The first kappa shape index (κ1) is 22.8. The SMILES string of the molecule is N[C@@H]1CN(c2ccncc2CC(=O)c2ccc(F)c(-c3c(F)cccc3F)n2)C[C@H](N)C1O. The Morgan fingerprint density at radius 1 is 1.03 bits per heavy atom. The Balaban J connectivity index is 1.63. The molecule has 4 rings (SSSR count). The Morgan fingerprint density at radius 2 is 1.70 bits per heavy atom. The topological polar surface area (TPSA) is 118 Å². The number of nitrogens with two attached hydrogens (primary N) is 2. The van der Waals surface area contributed by atoms with Crippen LogP contribution in [0.15, 0.2) is 48.8 Å². The summed E-state index contributed by atoms with van der Waals surface area (Å²) in [6.45, 7) is 0.650. The average molecular weight is 457 g/mol. The van der Waals surface area contributed by atoms with E-state index in [9.17, 15) is 23.1 Å². The molecule has 7 nitrogen and oxygen atoms in total. The van der Waals surface area contributed by atoms with Crippen LogP contribution < -0.4 is 16.4 Å². The molecule has 0 radical (unpaired) electrons. The highest BCUT2D eigenvalue weighted by Crippen LogP contribution is 2.28. The van der Waals surface area contributed by atoms with E-state index < -0.39 is 52.7 Å². The van der Waals surface area contributed by atoms with Crippen LogP contribution in [0.2, 0.25) is 0 Å². The van der Waals surface area contributed by atoms with Gasteiger partial charge in [0.15, 0.2) is 5.78 Å². The van der Waals surface area contributed by atoms with E-state index in [4.69, 9.17) is 11.5 Å². The Kier molecular flexibility index (Phi) is 6.41. The number of rotatable bonds is 5. The van der Waals surface area contributed by atoms with Crippen LogP contribution in [0.1, 0.15) is 16.1 Å². The summed E-state index contributed by atoms with van der Waals surface area (Å²) in [7, 11) is 0. The lowest BCUT2D eigenvalue weighted by atomic mass is 9.96. The Hall–Kier alpha value is -3.34. The number of hydrogen-bond acceptors (Lipinski definition) is 7. The first-order valence-electron chi connectivity index (χ1n) is 10.3. The molecule has 0 saturated carbocycles. The van der Waals surface area contributed by atoms with Crippen molar-refractivity contribution in [2.45, 2.75) is 24.6 Å². The van der Waals surface area contributed by atoms with Gasteiger partial charge in [0.1, 0.15) is 28.8 Å². The molecule has 33 heavy (non-hydrogen) atoms. The quantitative estimate of drug-likeness (QED) is 0.500. The molecule has 1 aliphatic rings. The number of benzene rings is 1. The standard InChI is InChI=1S/C23H22F3N5O2/c24-13-2-1-3-14(25)21(13)22-15(26)4-5-18(30-22)20(32)8-12-9-29-7-6-19(12)31-10-16(27)23(33)17(28)11-31/h1-7,9,16-17,23,33H,8,10-11,27-28H2/t16-,17+,23?. The van der Waals surface area contributed by atoms with Gasteiger partial charge < -0.3 is 21.5 Å². The molecule has 0 aliphatic carbocycles. The first-order valence-corrected chi connectivity index (χ1v) is 10.3. The van der Waals surface area contributed by atoms with E-state index in [1.54, 1.807) is 12.3 Å². The summed E-state index contributed by atoms with van der Waals surface area (Å²) < 4.78 is 42.7. The van der Waals surface area contributed by atoms with Crippen molar-refractivity contribution in [3.8, 4) is 11.3 Å². The van der Waals surface area contributed by atoms with Crippen molar-refractivity contribution in [3.05, 3.63) is 77.5 Å². The number of aromatic nitrogens is 2.